The largest absolute Gasteiger partial charge is 0.473 e. The zero-order valence-corrected chi connectivity index (χ0v) is 15.1. The maximum absolute atomic E-state index is 10.4. The lowest BCUT2D eigenvalue weighted by Gasteiger charge is -2.30. The molecule has 0 radical (unpaired) electrons. The van der Waals surface area contributed by atoms with Crippen LogP contribution in [0.3, 0.4) is 0 Å². The Morgan fingerprint density at radius 3 is 2.93 bits per heavy atom. The van der Waals surface area contributed by atoms with Crippen molar-refractivity contribution in [3.8, 4) is 17.3 Å². The van der Waals surface area contributed by atoms with Gasteiger partial charge in [-0.3, -0.25) is 9.48 Å². The Bertz CT molecular complexity index is 954. The number of ether oxygens (including phenoxy) is 1. The van der Waals surface area contributed by atoms with E-state index in [-0.39, 0.29) is 6.10 Å². The molecule has 27 heavy (non-hydrogen) atoms. The van der Waals surface area contributed by atoms with E-state index in [1.54, 1.807) is 17.2 Å². The zero-order valence-electron chi connectivity index (χ0n) is 15.1. The van der Waals surface area contributed by atoms with Gasteiger partial charge in [0.05, 0.1) is 11.8 Å². The number of piperidine rings is 1. The van der Waals surface area contributed by atoms with Crippen molar-refractivity contribution >= 4 is 17.5 Å². The number of hydrogen-bond acceptors (Lipinski definition) is 7. The minimum Gasteiger partial charge on any atom is -0.473 e. The van der Waals surface area contributed by atoms with Crippen molar-refractivity contribution in [3.63, 3.8) is 0 Å². The van der Waals surface area contributed by atoms with Crippen molar-refractivity contribution in [2.24, 2.45) is 0 Å². The second-order valence-corrected chi connectivity index (χ2v) is 6.36. The first-order chi connectivity index (χ1) is 13.3. The topological polar surface area (TPSA) is 102 Å². The molecule has 9 nitrogen and oxygen atoms in total. The van der Waals surface area contributed by atoms with Gasteiger partial charge >= 0.3 is 0 Å². The fourth-order valence-corrected chi connectivity index (χ4v) is 3.14. The summed E-state index contributed by atoms with van der Waals surface area (Å²) < 4.78 is 7.82. The molecule has 1 saturated heterocycles. The number of aromatic nitrogens is 6. The van der Waals surface area contributed by atoms with E-state index in [0.717, 1.165) is 44.3 Å². The van der Waals surface area contributed by atoms with Crippen LogP contribution in [0.4, 0.5) is 0 Å². The van der Waals surface area contributed by atoms with Gasteiger partial charge in [-0.1, -0.05) is 0 Å². The molecule has 0 amide bonds. The molecule has 1 N–H and O–H groups in total. The van der Waals surface area contributed by atoms with Crippen LogP contribution in [0.5, 0.6) is 5.88 Å². The fourth-order valence-electron chi connectivity index (χ4n) is 3.14. The van der Waals surface area contributed by atoms with Gasteiger partial charge in [-0.2, -0.15) is 5.10 Å². The number of carbonyl (C=O) groups is 1. The summed E-state index contributed by atoms with van der Waals surface area (Å²) in [7, 11) is 0. The van der Waals surface area contributed by atoms with E-state index in [4.69, 9.17) is 4.74 Å². The van der Waals surface area contributed by atoms with E-state index >= 15 is 0 Å². The van der Waals surface area contributed by atoms with Crippen LogP contribution in [-0.4, -0.2) is 60.1 Å². The molecule has 140 valence electrons. The first kappa shape index (κ1) is 17.2. The summed E-state index contributed by atoms with van der Waals surface area (Å²) in [6, 6.07) is 0. The highest BCUT2D eigenvalue weighted by Crippen LogP contribution is 2.26. The number of nitrogens with zero attached hydrogens (tertiary/aromatic N) is 6. The Balaban J connectivity index is 1.49. The van der Waals surface area contributed by atoms with Crippen molar-refractivity contribution < 1.29 is 9.53 Å². The molecule has 4 rings (SSSR count). The molecule has 0 unspecified atom stereocenters. The van der Waals surface area contributed by atoms with Crippen LogP contribution >= 0.6 is 0 Å². The Labute approximate surface area is 156 Å². The normalized spacial score (nSPS) is 15.7. The molecule has 0 atom stereocenters. The van der Waals surface area contributed by atoms with Crippen molar-refractivity contribution in [1.82, 2.24) is 34.6 Å². The van der Waals surface area contributed by atoms with Gasteiger partial charge in [0.1, 0.15) is 24.2 Å². The third-order valence-corrected chi connectivity index (χ3v) is 4.60. The molecule has 3 aromatic heterocycles. The van der Waals surface area contributed by atoms with Crippen LogP contribution in [0.25, 0.3) is 22.6 Å². The molecule has 0 aromatic carbocycles. The van der Waals surface area contributed by atoms with E-state index < -0.39 is 0 Å². The van der Waals surface area contributed by atoms with E-state index in [9.17, 15) is 4.79 Å². The van der Waals surface area contributed by atoms with E-state index in [1.807, 2.05) is 19.3 Å². The number of nitrogens with one attached hydrogen (secondary N) is 1. The lowest BCUT2D eigenvalue weighted by atomic mass is 10.1. The molecule has 4 heterocycles. The smallest absolute Gasteiger partial charge is 0.233 e. The van der Waals surface area contributed by atoms with Crippen LogP contribution < -0.4 is 4.74 Å². The van der Waals surface area contributed by atoms with Gasteiger partial charge in [-0.25, -0.2) is 15.0 Å². The monoisotopic (exact) mass is 367 g/mol. The summed E-state index contributed by atoms with van der Waals surface area (Å²) in [4.78, 5) is 29.0. The number of aryl methyl sites for hydroxylation is 1. The predicted molar refractivity (Wildman–Crippen MR) is 99.0 cm³/mol. The molecule has 0 aliphatic carbocycles. The van der Waals surface area contributed by atoms with Crippen molar-refractivity contribution in [2.45, 2.75) is 32.4 Å². The van der Waals surface area contributed by atoms with Gasteiger partial charge < -0.3 is 14.6 Å². The van der Waals surface area contributed by atoms with Crippen LogP contribution in [-0.2, 0) is 11.3 Å². The van der Waals surface area contributed by atoms with Crippen LogP contribution in [0, 0.1) is 0 Å². The highest BCUT2D eigenvalue weighted by molar-refractivity contribution is 5.88. The highest BCUT2D eigenvalue weighted by Gasteiger charge is 2.20. The van der Waals surface area contributed by atoms with Crippen molar-refractivity contribution in [3.05, 3.63) is 31.0 Å². The van der Waals surface area contributed by atoms with E-state index in [2.05, 4.69) is 29.9 Å². The van der Waals surface area contributed by atoms with Crippen LogP contribution in [0.2, 0.25) is 0 Å². The van der Waals surface area contributed by atoms with Gasteiger partial charge in [0.15, 0.2) is 11.5 Å². The summed E-state index contributed by atoms with van der Waals surface area (Å²) in [6.45, 7) is 4.46. The Morgan fingerprint density at radius 2 is 2.19 bits per heavy atom. The number of H-pyrrole nitrogens is 1. The van der Waals surface area contributed by atoms with Gasteiger partial charge in [0, 0.05) is 44.9 Å². The molecule has 1 aliphatic rings. The molecular formula is C18H21N7O2. The maximum Gasteiger partial charge on any atom is 0.233 e. The third-order valence-electron chi connectivity index (χ3n) is 4.60. The molecule has 9 heteroatoms. The number of fused-ring (bicyclic) bond motifs is 1. The molecular weight excluding hydrogens is 346 g/mol. The van der Waals surface area contributed by atoms with E-state index in [1.165, 1.54) is 6.08 Å². The zero-order chi connectivity index (χ0) is 18.6. The average molecular weight is 367 g/mol. The number of rotatable bonds is 6. The minimum absolute atomic E-state index is 0.0810. The van der Waals surface area contributed by atoms with Gasteiger partial charge in [0.2, 0.25) is 5.88 Å². The minimum atomic E-state index is 0.0810. The molecule has 1 aliphatic heterocycles. The summed E-state index contributed by atoms with van der Waals surface area (Å²) in [5, 5.41) is 4.44. The number of aldehydes is 1. The maximum atomic E-state index is 10.4. The summed E-state index contributed by atoms with van der Waals surface area (Å²) in [5.41, 5.74) is 2.19. The summed E-state index contributed by atoms with van der Waals surface area (Å²) in [5.74, 6) is 1.12. The lowest BCUT2D eigenvalue weighted by molar-refractivity contribution is -0.104. The first-order valence-electron chi connectivity index (χ1n) is 9.03. The molecule has 1 fully saturated rings. The lowest BCUT2D eigenvalue weighted by Crippen LogP contribution is -2.35. The van der Waals surface area contributed by atoms with Crippen molar-refractivity contribution in [1.29, 1.82) is 0 Å². The number of aromatic amines is 1. The van der Waals surface area contributed by atoms with Crippen LogP contribution in [0.15, 0.2) is 31.0 Å². The summed E-state index contributed by atoms with van der Waals surface area (Å²) in [6.07, 6.45) is 11.1. The number of allylic oxidation sites excluding steroid dienone is 1. The Morgan fingerprint density at radius 1 is 1.33 bits per heavy atom. The highest BCUT2D eigenvalue weighted by atomic mass is 16.5. The average Bonchev–Trinajstić information content (AvgIpc) is 3.33. The number of likely N-dealkylation sites (tertiary alicyclic amines) is 1. The molecule has 0 spiro atoms. The Kier molecular flexibility index (Phi) is 4.82. The van der Waals surface area contributed by atoms with Gasteiger partial charge in [-0.05, 0) is 13.0 Å². The van der Waals surface area contributed by atoms with Gasteiger partial charge in [-0.15, -0.1) is 0 Å². The SMILES string of the molecule is CCn1cnc(-c2c[nH]c3ncc(OC4CCN(C=CC=O)CC4)nc23)n1. The Hall–Kier alpha value is -3.23. The standard InChI is InChI=1S/C18H21N7O2/c1-2-25-12-21-17(23-25)14-10-19-18-16(14)22-15(11-20-18)27-13-4-7-24(8-5-13)6-3-9-26/h3,6,9-13H,2,4-5,7-8H2,1H3,(H,19,20). The molecule has 0 bridgehead atoms. The van der Waals surface area contributed by atoms with Gasteiger partial charge in [0.25, 0.3) is 0 Å². The quantitative estimate of drug-likeness (QED) is 0.523. The predicted octanol–water partition coefficient (Wildman–Crippen LogP) is 1.79. The number of hydrogen-bond donors (Lipinski definition) is 1. The number of carbonyl (C=O) groups excluding carboxylic acids is 1. The van der Waals surface area contributed by atoms with Crippen LogP contribution in [0.1, 0.15) is 19.8 Å². The molecule has 0 saturated carbocycles. The van der Waals surface area contributed by atoms with E-state index in [0.29, 0.717) is 22.9 Å². The summed E-state index contributed by atoms with van der Waals surface area (Å²) >= 11 is 0. The third kappa shape index (κ3) is 3.67. The molecule has 3 aromatic rings. The van der Waals surface area contributed by atoms with Crippen molar-refractivity contribution in [2.75, 3.05) is 13.1 Å². The first-order valence-corrected chi connectivity index (χ1v) is 9.03. The second kappa shape index (κ2) is 7.56. The second-order valence-electron chi connectivity index (χ2n) is 6.36. The fraction of sp³-hybridized carbons (Fsp3) is 0.389.